The molecule has 6 nitrogen and oxygen atoms in total. The lowest BCUT2D eigenvalue weighted by molar-refractivity contribution is 0.483. The van der Waals surface area contributed by atoms with Crippen molar-refractivity contribution in [3.05, 3.63) is 176 Å². The van der Waals surface area contributed by atoms with Crippen molar-refractivity contribution in [3.8, 4) is 51.0 Å². The second-order valence-corrected chi connectivity index (χ2v) is 13.5. The summed E-state index contributed by atoms with van der Waals surface area (Å²) in [6.07, 6.45) is 0. The van der Waals surface area contributed by atoms with E-state index >= 15 is 0 Å². The second-order valence-electron chi connectivity index (χ2n) is 13.5. The van der Waals surface area contributed by atoms with E-state index in [1.54, 1.807) is 0 Å². The molecule has 0 saturated heterocycles. The van der Waals surface area contributed by atoms with Crippen molar-refractivity contribution in [2.75, 3.05) is 16.5 Å². The number of ether oxygens (including phenoxy) is 1. The Bertz CT molecular complexity index is 2880. The van der Waals surface area contributed by atoms with Gasteiger partial charge in [-0.15, -0.1) is 0 Å². The average Bonchev–Trinajstić information content (AvgIpc) is 3.77. The van der Waals surface area contributed by atoms with E-state index in [0.29, 0.717) is 12.4 Å². The Morgan fingerprint density at radius 3 is 1.96 bits per heavy atom. The number of rotatable bonds is 1. The van der Waals surface area contributed by atoms with Crippen molar-refractivity contribution in [2.45, 2.75) is 0 Å². The van der Waals surface area contributed by atoms with Crippen LogP contribution in [0.4, 0.5) is 22.9 Å². The van der Waals surface area contributed by atoms with Crippen molar-refractivity contribution < 1.29 is 4.74 Å². The van der Waals surface area contributed by atoms with Gasteiger partial charge >= 0.3 is 0 Å². The van der Waals surface area contributed by atoms with Crippen LogP contribution in [-0.4, -0.2) is 21.2 Å². The van der Waals surface area contributed by atoms with Crippen LogP contribution in [0.5, 0.6) is 11.5 Å². The van der Waals surface area contributed by atoms with Crippen molar-refractivity contribution >= 4 is 44.7 Å². The van der Waals surface area contributed by atoms with E-state index in [1.165, 1.54) is 0 Å². The SMILES string of the molecule is c1ccc(-c2cc3cc(n2)N2CN(c4ccccc4-c4ccccc4-c4cccc(n4)-n4c5ccccc5c5ccc(cc54)O3)c3ccccc32)cc1. The van der Waals surface area contributed by atoms with Crippen molar-refractivity contribution in [1.82, 2.24) is 14.5 Å². The Labute approximate surface area is 306 Å². The van der Waals surface area contributed by atoms with Crippen LogP contribution in [0, 0.1) is 0 Å². The van der Waals surface area contributed by atoms with E-state index in [4.69, 9.17) is 14.7 Å². The minimum atomic E-state index is 0.572. The fourth-order valence-electron chi connectivity index (χ4n) is 8.03. The highest BCUT2D eigenvalue weighted by molar-refractivity contribution is 6.09. The molecule has 0 fully saturated rings. The van der Waals surface area contributed by atoms with Gasteiger partial charge < -0.3 is 14.5 Å². The van der Waals surface area contributed by atoms with Crippen molar-refractivity contribution in [3.63, 3.8) is 0 Å². The Morgan fingerprint density at radius 1 is 0.415 bits per heavy atom. The molecular weight excluding hydrogens is 651 g/mol. The maximum atomic E-state index is 6.82. The first-order chi connectivity index (χ1) is 26.3. The number of pyridine rings is 2. The van der Waals surface area contributed by atoms with Crippen LogP contribution in [-0.2, 0) is 0 Å². The zero-order chi connectivity index (χ0) is 34.9. The summed E-state index contributed by atoms with van der Waals surface area (Å²) in [5.74, 6) is 3.10. The molecule has 2 aliphatic rings. The monoisotopic (exact) mass is 681 g/mol. The Kier molecular flexibility index (Phi) is 6.51. The quantitative estimate of drug-likeness (QED) is 0.173. The lowest BCUT2D eigenvalue weighted by Crippen LogP contribution is -2.25. The van der Waals surface area contributed by atoms with Crippen LogP contribution < -0.4 is 14.5 Å². The molecule has 53 heavy (non-hydrogen) atoms. The van der Waals surface area contributed by atoms with Gasteiger partial charge in [-0.05, 0) is 54.1 Å². The van der Waals surface area contributed by atoms with Gasteiger partial charge in [0, 0.05) is 45.7 Å². The van der Waals surface area contributed by atoms with Gasteiger partial charge in [-0.2, -0.15) is 0 Å². The number of para-hydroxylation sites is 4. The van der Waals surface area contributed by atoms with Gasteiger partial charge in [-0.25, -0.2) is 9.97 Å². The van der Waals surface area contributed by atoms with E-state index in [9.17, 15) is 0 Å². The molecule has 0 spiro atoms. The minimum Gasteiger partial charge on any atom is -0.457 e. The van der Waals surface area contributed by atoms with Gasteiger partial charge in [0.2, 0.25) is 0 Å². The highest BCUT2D eigenvalue weighted by Crippen LogP contribution is 2.48. The maximum Gasteiger partial charge on any atom is 0.138 e. The summed E-state index contributed by atoms with van der Waals surface area (Å²) in [5, 5.41) is 2.30. The minimum absolute atomic E-state index is 0.572. The lowest BCUT2D eigenvalue weighted by atomic mass is 9.95. The Hall–Kier alpha value is -7.18. The third-order valence-electron chi connectivity index (χ3n) is 10.4. The number of fused-ring (bicyclic) bond motifs is 20. The van der Waals surface area contributed by atoms with Crippen molar-refractivity contribution in [1.29, 1.82) is 0 Å². The van der Waals surface area contributed by atoms with Gasteiger partial charge in [0.15, 0.2) is 0 Å². The van der Waals surface area contributed by atoms with Gasteiger partial charge in [-0.3, -0.25) is 4.57 Å². The second kappa shape index (κ2) is 11.7. The smallest absolute Gasteiger partial charge is 0.138 e. The largest absolute Gasteiger partial charge is 0.457 e. The van der Waals surface area contributed by atoms with Crippen LogP contribution in [0.25, 0.3) is 61.3 Å². The third kappa shape index (κ3) is 4.73. The number of hydrogen-bond donors (Lipinski definition) is 0. The number of benzene rings is 6. The standard InChI is InChI=1S/C47H31N5O/c1-2-13-31(14-3-1)40-27-33-29-47(49-40)51-30-50(43-22-10-11-23-44(43)51)41-20-8-6-17-36(41)34-15-4-5-16-35(34)39-19-12-24-46(48-39)52-42-21-9-7-18-37(42)38-26-25-32(53-33)28-45(38)52/h1-29H,30H2. The summed E-state index contributed by atoms with van der Waals surface area (Å²) in [4.78, 5) is 15.3. The van der Waals surface area contributed by atoms with Crippen LogP contribution in [0.1, 0.15) is 0 Å². The molecule has 8 bridgehead atoms. The molecule has 9 aromatic rings. The number of hydrogen-bond acceptors (Lipinski definition) is 5. The first-order valence-corrected chi connectivity index (χ1v) is 17.9. The molecule has 0 saturated carbocycles. The molecular formula is C47H31N5O. The fraction of sp³-hybridized carbons (Fsp3) is 0.0213. The summed E-state index contributed by atoms with van der Waals surface area (Å²) in [6, 6.07) is 61.4. The van der Waals surface area contributed by atoms with Crippen molar-refractivity contribution in [2.24, 2.45) is 0 Å². The zero-order valence-corrected chi connectivity index (χ0v) is 28.6. The highest BCUT2D eigenvalue weighted by Gasteiger charge is 2.31. The predicted octanol–water partition coefficient (Wildman–Crippen LogP) is 11.9. The number of nitrogens with zero attached hydrogens (tertiary/aromatic N) is 5. The van der Waals surface area contributed by atoms with E-state index < -0.39 is 0 Å². The molecule has 0 aliphatic carbocycles. The van der Waals surface area contributed by atoms with E-state index in [0.717, 1.165) is 89.9 Å². The Morgan fingerprint density at radius 2 is 1.09 bits per heavy atom. The molecule has 0 atom stereocenters. The van der Waals surface area contributed by atoms with Gasteiger partial charge in [0.25, 0.3) is 0 Å². The molecule has 3 aromatic heterocycles. The average molecular weight is 682 g/mol. The summed E-state index contributed by atoms with van der Waals surface area (Å²) < 4.78 is 9.07. The van der Waals surface area contributed by atoms with Crippen LogP contribution >= 0.6 is 0 Å². The van der Waals surface area contributed by atoms with Crippen LogP contribution in [0.15, 0.2) is 176 Å². The highest BCUT2D eigenvalue weighted by atomic mass is 16.5. The van der Waals surface area contributed by atoms with Crippen LogP contribution in [0.3, 0.4) is 0 Å². The molecule has 6 aromatic carbocycles. The zero-order valence-electron chi connectivity index (χ0n) is 28.6. The molecule has 0 N–H and O–H groups in total. The van der Waals surface area contributed by atoms with Gasteiger partial charge in [0.1, 0.15) is 29.8 Å². The molecule has 2 aliphatic heterocycles. The van der Waals surface area contributed by atoms with Crippen LogP contribution in [0.2, 0.25) is 0 Å². The molecule has 0 radical (unpaired) electrons. The molecule has 11 rings (SSSR count). The van der Waals surface area contributed by atoms with E-state index in [-0.39, 0.29) is 0 Å². The van der Waals surface area contributed by atoms with E-state index in [2.05, 4.69) is 166 Å². The summed E-state index contributed by atoms with van der Waals surface area (Å²) in [7, 11) is 0. The Balaban J connectivity index is 1.22. The van der Waals surface area contributed by atoms with Gasteiger partial charge in [-0.1, -0.05) is 109 Å². The molecule has 0 amide bonds. The first-order valence-electron chi connectivity index (χ1n) is 17.9. The normalized spacial score (nSPS) is 12.9. The molecule has 6 heteroatoms. The molecule has 5 heterocycles. The fourth-order valence-corrected chi connectivity index (χ4v) is 8.03. The third-order valence-corrected chi connectivity index (χ3v) is 10.4. The lowest BCUT2D eigenvalue weighted by Gasteiger charge is -2.25. The summed E-state index contributed by atoms with van der Waals surface area (Å²) >= 11 is 0. The van der Waals surface area contributed by atoms with Gasteiger partial charge in [0.05, 0.1) is 39.5 Å². The summed E-state index contributed by atoms with van der Waals surface area (Å²) in [6.45, 7) is 0.572. The van der Waals surface area contributed by atoms with E-state index in [1.807, 2.05) is 24.3 Å². The predicted molar refractivity (Wildman–Crippen MR) is 215 cm³/mol. The number of anilines is 4. The summed E-state index contributed by atoms with van der Waals surface area (Å²) in [5.41, 5.74) is 11.5. The number of aromatic nitrogens is 3. The maximum absolute atomic E-state index is 6.82. The topological polar surface area (TPSA) is 46.4 Å². The molecule has 0 unspecified atom stereocenters. The molecule has 250 valence electrons. The first kappa shape index (κ1) is 29.5.